The molecule has 0 radical (unpaired) electrons. The van der Waals surface area contributed by atoms with Crippen LogP contribution in [-0.2, 0) is 10.0 Å². The lowest BCUT2D eigenvalue weighted by molar-refractivity contribution is 0.474. The number of hydrogen-bond acceptors (Lipinski definition) is 3. The summed E-state index contributed by atoms with van der Waals surface area (Å²) in [5.41, 5.74) is 0.329. The van der Waals surface area contributed by atoms with Crippen LogP contribution in [-0.4, -0.2) is 13.5 Å². The number of sulfonamides is 1. The lowest BCUT2D eigenvalue weighted by Crippen LogP contribution is -2.14. The topological polar surface area (TPSA) is 66.4 Å². The van der Waals surface area contributed by atoms with Crippen LogP contribution in [0.3, 0.4) is 0 Å². The van der Waals surface area contributed by atoms with Crippen molar-refractivity contribution >= 4 is 31.6 Å². The van der Waals surface area contributed by atoms with Crippen LogP contribution in [0, 0.1) is 12.7 Å². The first-order valence-corrected chi connectivity index (χ1v) is 7.85. The second-order valence-corrected chi connectivity index (χ2v) is 6.66. The second-order valence-electron chi connectivity index (χ2n) is 4.15. The van der Waals surface area contributed by atoms with Gasteiger partial charge in [-0.05, 0) is 58.7 Å². The number of aryl methyl sites for hydroxylation is 1. The molecule has 2 N–H and O–H groups in total. The third-order valence-corrected chi connectivity index (χ3v) is 4.82. The first-order chi connectivity index (χ1) is 9.31. The molecule has 0 aliphatic heterocycles. The maximum atomic E-state index is 13.0. The first-order valence-electron chi connectivity index (χ1n) is 5.58. The lowest BCUT2D eigenvalue weighted by atomic mass is 10.2. The molecule has 2 rings (SSSR count). The molecule has 0 aliphatic rings. The average molecular weight is 360 g/mol. The fourth-order valence-electron chi connectivity index (χ4n) is 1.71. The number of hydrogen-bond donors (Lipinski definition) is 2. The van der Waals surface area contributed by atoms with Crippen molar-refractivity contribution in [2.75, 3.05) is 4.72 Å². The third kappa shape index (κ3) is 2.94. The molecule has 2 aromatic rings. The van der Waals surface area contributed by atoms with E-state index in [1.165, 1.54) is 19.1 Å². The summed E-state index contributed by atoms with van der Waals surface area (Å²) in [7, 11) is -3.90. The molecule has 7 heteroatoms. The second kappa shape index (κ2) is 5.41. The van der Waals surface area contributed by atoms with E-state index in [4.69, 9.17) is 0 Å². The van der Waals surface area contributed by atoms with E-state index in [-0.39, 0.29) is 21.9 Å². The quantitative estimate of drug-likeness (QED) is 0.825. The molecule has 4 nitrogen and oxygen atoms in total. The van der Waals surface area contributed by atoms with Gasteiger partial charge in [-0.15, -0.1) is 0 Å². The minimum Gasteiger partial charge on any atom is -0.505 e. The van der Waals surface area contributed by atoms with E-state index in [1.807, 2.05) is 0 Å². The number of aromatic hydroxyl groups is 1. The monoisotopic (exact) mass is 359 g/mol. The van der Waals surface area contributed by atoms with Crippen molar-refractivity contribution in [2.24, 2.45) is 0 Å². The molecule has 106 valence electrons. The van der Waals surface area contributed by atoms with Gasteiger partial charge in [-0.2, -0.15) is 0 Å². The van der Waals surface area contributed by atoms with Crippen molar-refractivity contribution in [3.63, 3.8) is 0 Å². The number of nitrogens with one attached hydrogen (secondary N) is 1. The minimum atomic E-state index is -3.90. The van der Waals surface area contributed by atoms with Crippen molar-refractivity contribution in [3.8, 4) is 5.75 Å². The predicted octanol–water partition coefficient (Wildman–Crippen LogP) is 3.40. The summed E-state index contributed by atoms with van der Waals surface area (Å²) in [6.45, 7) is 1.50. The van der Waals surface area contributed by atoms with Crippen molar-refractivity contribution in [1.82, 2.24) is 0 Å². The minimum absolute atomic E-state index is 0.0433. The Kier molecular flexibility index (Phi) is 4.01. The fraction of sp³-hybridized carbons (Fsp3) is 0.0769. The van der Waals surface area contributed by atoms with Gasteiger partial charge < -0.3 is 5.11 Å². The molecule has 0 atom stereocenters. The van der Waals surface area contributed by atoms with Crippen LogP contribution in [0.4, 0.5) is 10.1 Å². The summed E-state index contributed by atoms with van der Waals surface area (Å²) >= 11 is 3.10. The molecule has 0 heterocycles. The fourth-order valence-corrected chi connectivity index (χ4v) is 3.37. The van der Waals surface area contributed by atoms with Crippen molar-refractivity contribution in [3.05, 3.63) is 52.3 Å². The number of anilines is 1. The molecule has 0 unspecified atom stereocenters. The summed E-state index contributed by atoms with van der Waals surface area (Å²) < 4.78 is 40.1. The number of phenolic OH excluding ortho intramolecular Hbond substituents is 1. The first kappa shape index (κ1) is 14.8. The Balaban J connectivity index is 2.44. The maximum absolute atomic E-state index is 13.0. The van der Waals surface area contributed by atoms with Gasteiger partial charge in [0, 0.05) is 0 Å². The number of halogens is 2. The van der Waals surface area contributed by atoms with Gasteiger partial charge in [0.25, 0.3) is 10.0 Å². The van der Waals surface area contributed by atoms with Gasteiger partial charge in [0.05, 0.1) is 15.1 Å². The SMILES string of the molecule is Cc1cc(F)ccc1S(=O)(=O)Nc1cccc(Br)c1O. The van der Waals surface area contributed by atoms with Gasteiger partial charge >= 0.3 is 0 Å². The van der Waals surface area contributed by atoms with E-state index in [0.717, 1.165) is 12.1 Å². The summed E-state index contributed by atoms with van der Waals surface area (Å²) in [5, 5.41) is 9.79. The van der Waals surface area contributed by atoms with Crippen LogP contribution in [0.15, 0.2) is 45.8 Å². The third-order valence-electron chi connectivity index (χ3n) is 2.66. The molecule has 0 fully saturated rings. The zero-order valence-corrected chi connectivity index (χ0v) is 12.8. The summed E-state index contributed by atoms with van der Waals surface area (Å²) in [4.78, 5) is -0.0433. The lowest BCUT2D eigenvalue weighted by Gasteiger charge is -2.12. The zero-order chi connectivity index (χ0) is 14.9. The Labute approximate surface area is 124 Å². The Morgan fingerprint density at radius 3 is 2.60 bits per heavy atom. The van der Waals surface area contributed by atoms with E-state index in [1.54, 1.807) is 12.1 Å². The van der Waals surface area contributed by atoms with Gasteiger partial charge in [0.2, 0.25) is 0 Å². The molecule has 0 saturated heterocycles. The highest BCUT2D eigenvalue weighted by atomic mass is 79.9. The highest BCUT2D eigenvalue weighted by Gasteiger charge is 2.19. The summed E-state index contributed by atoms with van der Waals surface area (Å²) in [6.07, 6.45) is 0. The van der Waals surface area contributed by atoms with Crippen molar-refractivity contribution < 1.29 is 17.9 Å². The molecule has 20 heavy (non-hydrogen) atoms. The summed E-state index contributed by atoms with van der Waals surface area (Å²) in [6, 6.07) is 7.98. The van der Waals surface area contributed by atoms with Crippen molar-refractivity contribution in [1.29, 1.82) is 0 Å². The smallest absolute Gasteiger partial charge is 0.262 e. The molecule has 0 spiro atoms. The van der Waals surface area contributed by atoms with E-state index in [9.17, 15) is 17.9 Å². The van der Waals surface area contributed by atoms with Crippen LogP contribution in [0.2, 0.25) is 0 Å². The molecule has 0 bridgehead atoms. The molecular formula is C13H11BrFNO3S. The van der Waals surface area contributed by atoms with Gasteiger partial charge in [0.1, 0.15) is 5.82 Å². The number of benzene rings is 2. The molecule has 2 aromatic carbocycles. The summed E-state index contributed by atoms with van der Waals surface area (Å²) in [5.74, 6) is -0.720. The van der Waals surface area contributed by atoms with Gasteiger partial charge in [-0.25, -0.2) is 12.8 Å². The molecule has 0 aromatic heterocycles. The molecule has 0 amide bonds. The maximum Gasteiger partial charge on any atom is 0.262 e. The Hall–Kier alpha value is -1.60. The Morgan fingerprint density at radius 1 is 1.25 bits per heavy atom. The number of para-hydroxylation sites is 1. The Morgan fingerprint density at radius 2 is 1.95 bits per heavy atom. The van der Waals surface area contributed by atoms with Gasteiger partial charge in [-0.1, -0.05) is 6.07 Å². The van der Waals surface area contributed by atoms with Crippen molar-refractivity contribution in [2.45, 2.75) is 11.8 Å². The van der Waals surface area contributed by atoms with Crippen LogP contribution in [0.1, 0.15) is 5.56 Å². The predicted molar refractivity (Wildman–Crippen MR) is 77.8 cm³/mol. The Bertz CT molecular complexity index is 762. The van der Waals surface area contributed by atoms with E-state index < -0.39 is 15.8 Å². The average Bonchev–Trinajstić information content (AvgIpc) is 2.34. The van der Waals surface area contributed by atoms with Crippen LogP contribution in [0.25, 0.3) is 0 Å². The number of phenols is 1. The van der Waals surface area contributed by atoms with Crippen LogP contribution >= 0.6 is 15.9 Å². The van der Waals surface area contributed by atoms with Gasteiger partial charge in [-0.3, -0.25) is 4.72 Å². The van der Waals surface area contributed by atoms with Crippen LogP contribution < -0.4 is 4.72 Å². The highest BCUT2D eigenvalue weighted by Crippen LogP contribution is 2.33. The molecule has 0 saturated carbocycles. The van der Waals surface area contributed by atoms with E-state index in [0.29, 0.717) is 4.47 Å². The molecular weight excluding hydrogens is 349 g/mol. The van der Waals surface area contributed by atoms with E-state index in [2.05, 4.69) is 20.7 Å². The van der Waals surface area contributed by atoms with Crippen LogP contribution in [0.5, 0.6) is 5.75 Å². The standard InChI is InChI=1S/C13H11BrFNO3S/c1-8-7-9(15)5-6-12(8)20(18,19)16-11-4-2-3-10(14)13(11)17/h2-7,16-17H,1H3. The zero-order valence-electron chi connectivity index (χ0n) is 10.4. The normalized spacial score (nSPS) is 11.3. The molecule has 0 aliphatic carbocycles. The highest BCUT2D eigenvalue weighted by molar-refractivity contribution is 9.10. The number of rotatable bonds is 3. The van der Waals surface area contributed by atoms with Gasteiger partial charge in [0.15, 0.2) is 5.75 Å². The largest absolute Gasteiger partial charge is 0.505 e. The van der Waals surface area contributed by atoms with E-state index >= 15 is 0 Å².